The van der Waals surface area contributed by atoms with Crippen LogP contribution < -0.4 is 0 Å². The molecule has 0 bridgehead atoms. The molecule has 0 N–H and O–H groups in total. The molecular formula is C34H50. The molecule has 2 saturated carbocycles. The van der Waals surface area contributed by atoms with Crippen LogP contribution in [0.15, 0.2) is 42.5 Å². The van der Waals surface area contributed by atoms with Crippen molar-refractivity contribution in [2.24, 2.45) is 17.8 Å². The van der Waals surface area contributed by atoms with E-state index in [9.17, 15) is 0 Å². The fourth-order valence-electron chi connectivity index (χ4n) is 7.04. The Morgan fingerprint density at radius 3 is 1.85 bits per heavy atom. The standard InChI is InChI=1S/C34H50/c1-5-25(4)30-14-10-26(11-15-30)8-9-27-12-16-31(17-13-27)32-19-21-33(22-20-32)34-23-18-28(6-2)29(7-3)24-34/h12-13,16-18,23-26,30,32-33H,5-11,14-15,19-22H2,1-4H3. The molecule has 2 aliphatic rings. The maximum atomic E-state index is 2.52. The minimum atomic E-state index is 0.765. The third-order valence-electron chi connectivity index (χ3n) is 9.82. The molecule has 2 fully saturated rings. The first-order valence-electron chi connectivity index (χ1n) is 14.8. The topological polar surface area (TPSA) is 0 Å². The number of rotatable bonds is 9. The van der Waals surface area contributed by atoms with Gasteiger partial charge < -0.3 is 0 Å². The van der Waals surface area contributed by atoms with Gasteiger partial charge in [-0.2, -0.15) is 0 Å². The van der Waals surface area contributed by atoms with E-state index in [2.05, 4.69) is 70.2 Å². The first-order chi connectivity index (χ1) is 16.6. The molecule has 186 valence electrons. The summed E-state index contributed by atoms with van der Waals surface area (Å²) in [6.07, 6.45) is 17.6. The zero-order valence-corrected chi connectivity index (χ0v) is 22.6. The van der Waals surface area contributed by atoms with E-state index in [1.54, 1.807) is 27.8 Å². The van der Waals surface area contributed by atoms with Crippen molar-refractivity contribution in [1.29, 1.82) is 0 Å². The fourth-order valence-corrected chi connectivity index (χ4v) is 7.04. The van der Waals surface area contributed by atoms with Crippen LogP contribution in [0, 0.1) is 17.8 Å². The fraction of sp³-hybridized carbons (Fsp3) is 0.647. The van der Waals surface area contributed by atoms with E-state index in [0.717, 1.165) is 42.4 Å². The van der Waals surface area contributed by atoms with Crippen LogP contribution in [0.25, 0.3) is 0 Å². The largest absolute Gasteiger partial charge is 0.0651 e. The van der Waals surface area contributed by atoms with Crippen molar-refractivity contribution in [3.05, 3.63) is 70.3 Å². The minimum absolute atomic E-state index is 0.765. The van der Waals surface area contributed by atoms with Gasteiger partial charge in [0.2, 0.25) is 0 Å². The van der Waals surface area contributed by atoms with Crippen LogP contribution in [-0.2, 0) is 19.3 Å². The Bertz CT molecular complexity index is 859. The van der Waals surface area contributed by atoms with Crippen LogP contribution in [0.5, 0.6) is 0 Å². The molecule has 0 spiro atoms. The summed E-state index contributed by atoms with van der Waals surface area (Å²) in [6, 6.07) is 17.2. The van der Waals surface area contributed by atoms with Crippen LogP contribution in [0.4, 0.5) is 0 Å². The molecule has 0 heterocycles. The van der Waals surface area contributed by atoms with E-state index in [1.165, 1.54) is 70.6 Å². The third kappa shape index (κ3) is 6.35. The number of benzene rings is 2. The lowest BCUT2D eigenvalue weighted by molar-refractivity contribution is 0.204. The van der Waals surface area contributed by atoms with E-state index < -0.39 is 0 Å². The van der Waals surface area contributed by atoms with E-state index in [-0.39, 0.29) is 0 Å². The zero-order chi connectivity index (χ0) is 23.9. The second-order valence-electron chi connectivity index (χ2n) is 11.7. The Balaban J connectivity index is 1.24. The lowest BCUT2D eigenvalue weighted by atomic mass is 9.74. The molecule has 0 saturated heterocycles. The first-order valence-corrected chi connectivity index (χ1v) is 14.8. The highest BCUT2D eigenvalue weighted by Crippen LogP contribution is 2.41. The monoisotopic (exact) mass is 458 g/mol. The molecule has 1 unspecified atom stereocenters. The average Bonchev–Trinajstić information content (AvgIpc) is 2.91. The lowest BCUT2D eigenvalue weighted by Gasteiger charge is -2.32. The molecule has 34 heavy (non-hydrogen) atoms. The second-order valence-corrected chi connectivity index (χ2v) is 11.7. The van der Waals surface area contributed by atoms with Crippen molar-refractivity contribution < 1.29 is 0 Å². The summed E-state index contributed by atoms with van der Waals surface area (Å²) in [7, 11) is 0. The molecule has 0 radical (unpaired) electrons. The normalized spacial score (nSPS) is 26.4. The molecule has 0 nitrogen and oxygen atoms in total. The summed E-state index contributed by atoms with van der Waals surface area (Å²) in [5.41, 5.74) is 7.86. The summed E-state index contributed by atoms with van der Waals surface area (Å²) in [6.45, 7) is 9.41. The van der Waals surface area contributed by atoms with E-state index in [1.807, 2.05) is 0 Å². The molecule has 0 aromatic heterocycles. The molecule has 2 aliphatic carbocycles. The average molecular weight is 459 g/mol. The van der Waals surface area contributed by atoms with E-state index in [4.69, 9.17) is 0 Å². The summed E-state index contributed by atoms with van der Waals surface area (Å²) in [5.74, 6) is 4.43. The van der Waals surface area contributed by atoms with Crippen LogP contribution in [0.3, 0.4) is 0 Å². The van der Waals surface area contributed by atoms with Gasteiger partial charge in [0.15, 0.2) is 0 Å². The quantitative estimate of drug-likeness (QED) is 0.350. The zero-order valence-electron chi connectivity index (χ0n) is 22.6. The first kappa shape index (κ1) is 25.5. The van der Waals surface area contributed by atoms with Crippen molar-refractivity contribution in [3.63, 3.8) is 0 Å². The Kier molecular flexibility index (Phi) is 9.32. The van der Waals surface area contributed by atoms with E-state index >= 15 is 0 Å². The van der Waals surface area contributed by atoms with Gasteiger partial charge in [-0.05, 0) is 122 Å². The number of hydrogen-bond donors (Lipinski definition) is 0. The highest BCUT2D eigenvalue weighted by molar-refractivity contribution is 5.35. The van der Waals surface area contributed by atoms with Gasteiger partial charge in [0, 0.05) is 0 Å². The highest BCUT2D eigenvalue weighted by Gasteiger charge is 2.25. The summed E-state index contributed by atoms with van der Waals surface area (Å²) < 4.78 is 0. The Labute approximate surface area is 211 Å². The van der Waals surface area contributed by atoms with Gasteiger partial charge >= 0.3 is 0 Å². The molecule has 2 aromatic rings. The molecule has 4 rings (SSSR count). The minimum Gasteiger partial charge on any atom is -0.0651 e. The van der Waals surface area contributed by atoms with Crippen LogP contribution in [-0.4, -0.2) is 0 Å². The SMILES string of the molecule is CCc1ccc(C2CCC(c3ccc(CCC4CCC(C(C)CC)CC4)cc3)CC2)cc1CC. The van der Waals surface area contributed by atoms with Gasteiger partial charge in [-0.3, -0.25) is 0 Å². The van der Waals surface area contributed by atoms with E-state index in [0.29, 0.717) is 0 Å². The summed E-state index contributed by atoms with van der Waals surface area (Å²) in [5, 5.41) is 0. The van der Waals surface area contributed by atoms with Gasteiger partial charge in [0.05, 0.1) is 0 Å². The highest BCUT2D eigenvalue weighted by atomic mass is 14.3. The van der Waals surface area contributed by atoms with Gasteiger partial charge in [-0.1, -0.05) is 89.4 Å². The Morgan fingerprint density at radius 1 is 0.676 bits per heavy atom. The molecule has 0 aliphatic heterocycles. The van der Waals surface area contributed by atoms with Crippen molar-refractivity contribution in [2.45, 2.75) is 123 Å². The van der Waals surface area contributed by atoms with Crippen LogP contribution >= 0.6 is 0 Å². The van der Waals surface area contributed by atoms with Crippen molar-refractivity contribution >= 4 is 0 Å². The second kappa shape index (κ2) is 12.4. The van der Waals surface area contributed by atoms with Gasteiger partial charge in [0.25, 0.3) is 0 Å². The molecule has 2 aromatic carbocycles. The smallest absolute Gasteiger partial charge is 0.0161 e. The summed E-state index contributed by atoms with van der Waals surface area (Å²) in [4.78, 5) is 0. The Hall–Kier alpha value is -1.56. The van der Waals surface area contributed by atoms with Crippen LogP contribution in [0.1, 0.15) is 132 Å². The van der Waals surface area contributed by atoms with Gasteiger partial charge in [0.1, 0.15) is 0 Å². The van der Waals surface area contributed by atoms with Gasteiger partial charge in [-0.25, -0.2) is 0 Å². The number of hydrogen-bond acceptors (Lipinski definition) is 0. The third-order valence-corrected chi connectivity index (χ3v) is 9.82. The van der Waals surface area contributed by atoms with Crippen LogP contribution in [0.2, 0.25) is 0 Å². The molecular weight excluding hydrogens is 408 g/mol. The van der Waals surface area contributed by atoms with Crippen molar-refractivity contribution in [3.8, 4) is 0 Å². The molecule has 0 amide bonds. The maximum absolute atomic E-state index is 2.52. The Morgan fingerprint density at radius 2 is 1.26 bits per heavy atom. The molecule has 1 atom stereocenters. The lowest BCUT2D eigenvalue weighted by Crippen LogP contribution is -2.20. The van der Waals surface area contributed by atoms with Crippen molar-refractivity contribution in [2.75, 3.05) is 0 Å². The predicted octanol–water partition coefficient (Wildman–Crippen LogP) is 10.0. The number of aryl methyl sites for hydroxylation is 3. The maximum Gasteiger partial charge on any atom is -0.0161 e. The summed E-state index contributed by atoms with van der Waals surface area (Å²) >= 11 is 0. The molecule has 0 heteroatoms. The van der Waals surface area contributed by atoms with Gasteiger partial charge in [-0.15, -0.1) is 0 Å². The van der Waals surface area contributed by atoms with Crippen molar-refractivity contribution in [1.82, 2.24) is 0 Å². The predicted molar refractivity (Wildman–Crippen MR) is 149 cm³/mol.